The first-order valence-corrected chi connectivity index (χ1v) is 9.51. The van der Waals surface area contributed by atoms with Gasteiger partial charge in [-0.2, -0.15) is 11.8 Å². The van der Waals surface area contributed by atoms with E-state index in [2.05, 4.69) is 18.7 Å². The van der Waals surface area contributed by atoms with Gasteiger partial charge in [-0.15, -0.1) is 0 Å². The lowest BCUT2D eigenvalue weighted by molar-refractivity contribution is 0.0102. The Morgan fingerprint density at radius 2 is 1.92 bits per heavy atom. The summed E-state index contributed by atoms with van der Waals surface area (Å²) in [6.45, 7) is 6.56. The van der Waals surface area contributed by atoms with Crippen LogP contribution in [0.3, 0.4) is 0 Å². The fraction of sp³-hybridized carbons (Fsp3) is 0.611. The third-order valence-electron chi connectivity index (χ3n) is 5.17. The van der Waals surface area contributed by atoms with E-state index in [0.717, 1.165) is 18.7 Å². The standard InChI is InChI=1S/C18H25NO4S/c1-11(12(2)19-5-7-24-8-6-19)17-14-9-13(21-3)10-15(22-4)16(14)18(20)23-17/h9-12,17H,5-8H2,1-4H3. The zero-order valence-corrected chi connectivity index (χ0v) is 15.5. The van der Waals surface area contributed by atoms with Crippen molar-refractivity contribution in [2.24, 2.45) is 5.92 Å². The van der Waals surface area contributed by atoms with Gasteiger partial charge in [0.15, 0.2) is 0 Å². The second-order valence-corrected chi connectivity index (χ2v) is 7.59. The van der Waals surface area contributed by atoms with Gasteiger partial charge in [0.25, 0.3) is 0 Å². The highest BCUT2D eigenvalue weighted by Crippen LogP contribution is 2.44. The van der Waals surface area contributed by atoms with Crippen molar-refractivity contribution in [2.45, 2.75) is 26.0 Å². The molecule has 2 aliphatic rings. The van der Waals surface area contributed by atoms with Crippen molar-refractivity contribution in [3.8, 4) is 11.5 Å². The topological polar surface area (TPSA) is 48.0 Å². The monoisotopic (exact) mass is 351 g/mol. The van der Waals surface area contributed by atoms with E-state index in [9.17, 15) is 4.79 Å². The maximum absolute atomic E-state index is 12.4. The third kappa shape index (κ3) is 3.09. The highest BCUT2D eigenvalue weighted by molar-refractivity contribution is 7.99. The first-order chi connectivity index (χ1) is 11.6. The van der Waals surface area contributed by atoms with E-state index in [-0.39, 0.29) is 18.0 Å². The van der Waals surface area contributed by atoms with Gasteiger partial charge in [-0.25, -0.2) is 4.79 Å². The fourth-order valence-corrected chi connectivity index (χ4v) is 4.46. The molecule has 24 heavy (non-hydrogen) atoms. The first-order valence-electron chi connectivity index (χ1n) is 8.35. The Morgan fingerprint density at radius 1 is 1.21 bits per heavy atom. The van der Waals surface area contributed by atoms with E-state index in [1.807, 2.05) is 17.8 Å². The summed E-state index contributed by atoms with van der Waals surface area (Å²) < 4.78 is 16.5. The van der Waals surface area contributed by atoms with Gasteiger partial charge in [0, 0.05) is 48.2 Å². The summed E-state index contributed by atoms with van der Waals surface area (Å²) in [5, 5.41) is 0. The molecule has 0 saturated carbocycles. The van der Waals surface area contributed by atoms with Crippen LogP contribution in [0.2, 0.25) is 0 Å². The molecule has 0 amide bonds. The van der Waals surface area contributed by atoms with Crippen LogP contribution in [0.15, 0.2) is 12.1 Å². The number of esters is 1. The lowest BCUT2D eigenvalue weighted by Crippen LogP contribution is -2.44. The Morgan fingerprint density at radius 3 is 2.54 bits per heavy atom. The number of rotatable bonds is 5. The van der Waals surface area contributed by atoms with Crippen molar-refractivity contribution in [3.05, 3.63) is 23.3 Å². The smallest absolute Gasteiger partial charge is 0.342 e. The van der Waals surface area contributed by atoms with Crippen molar-refractivity contribution in [1.82, 2.24) is 4.90 Å². The highest BCUT2D eigenvalue weighted by atomic mass is 32.2. The molecule has 0 bridgehead atoms. The van der Waals surface area contributed by atoms with Crippen molar-refractivity contribution < 1.29 is 19.0 Å². The van der Waals surface area contributed by atoms with E-state index in [4.69, 9.17) is 14.2 Å². The average molecular weight is 351 g/mol. The quantitative estimate of drug-likeness (QED) is 0.760. The second-order valence-electron chi connectivity index (χ2n) is 6.37. The van der Waals surface area contributed by atoms with Crippen LogP contribution in [0.4, 0.5) is 0 Å². The zero-order chi connectivity index (χ0) is 17.3. The lowest BCUT2D eigenvalue weighted by atomic mass is 9.89. The summed E-state index contributed by atoms with van der Waals surface area (Å²) >= 11 is 2.00. The molecule has 1 aromatic rings. The summed E-state index contributed by atoms with van der Waals surface area (Å²) in [6.07, 6.45) is -0.263. The van der Waals surface area contributed by atoms with Crippen LogP contribution in [-0.4, -0.2) is 55.7 Å². The van der Waals surface area contributed by atoms with Crippen molar-refractivity contribution in [3.63, 3.8) is 0 Å². The Balaban J connectivity index is 1.90. The van der Waals surface area contributed by atoms with E-state index in [1.165, 1.54) is 11.5 Å². The molecule has 0 aromatic heterocycles. The van der Waals surface area contributed by atoms with E-state index in [1.54, 1.807) is 20.3 Å². The van der Waals surface area contributed by atoms with E-state index >= 15 is 0 Å². The molecule has 1 fully saturated rings. The number of benzene rings is 1. The van der Waals surface area contributed by atoms with E-state index < -0.39 is 0 Å². The molecule has 0 radical (unpaired) electrons. The number of ether oxygens (including phenoxy) is 3. The molecule has 0 N–H and O–H groups in total. The minimum Gasteiger partial charge on any atom is -0.497 e. The highest BCUT2D eigenvalue weighted by Gasteiger charge is 2.40. The minimum absolute atomic E-state index is 0.190. The van der Waals surface area contributed by atoms with Crippen molar-refractivity contribution in [2.75, 3.05) is 38.8 Å². The summed E-state index contributed by atoms with van der Waals surface area (Å²) in [5.74, 6) is 3.42. The maximum atomic E-state index is 12.4. The predicted octanol–water partition coefficient (Wildman–Crippen LogP) is 2.99. The minimum atomic E-state index is -0.303. The SMILES string of the molecule is COc1cc(OC)c2c(c1)C(C(C)C(C)N1CCSCC1)OC2=O. The molecule has 2 heterocycles. The maximum Gasteiger partial charge on any atom is 0.342 e. The van der Waals surface area contributed by atoms with Gasteiger partial charge in [0.2, 0.25) is 0 Å². The number of carbonyl (C=O) groups is 1. The molecule has 3 unspecified atom stereocenters. The molecular formula is C18H25NO4S. The van der Waals surface area contributed by atoms with Gasteiger partial charge in [-0.05, 0) is 13.0 Å². The number of hydrogen-bond donors (Lipinski definition) is 0. The number of methoxy groups -OCH3 is 2. The molecule has 2 aliphatic heterocycles. The summed E-state index contributed by atoms with van der Waals surface area (Å²) in [6, 6.07) is 3.98. The molecule has 3 rings (SSSR count). The number of nitrogens with zero attached hydrogens (tertiary/aromatic N) is 1. The van der Waals surface area contributed by atoms with Crippen LogP contribution >= 0.6 is 11.8 Å². The fourth-order valence-electron chi connectivity index (χ4n) is 3.53. The van der Waals surface area contributed by atoms with Crippen molar-refractivity contribution >= 4 is 17.7 Å². The molecule has 1 saturated heterocycles. The lowest BCUT2D eigenvalue weighted by Gasteiger charge is -2.37. The molecule has 3 atom stereocenters. The third-order valence-corrected chi connectivity index (χ3v) is 6.11. The molecule has 6 heteroatoms. The molecule has 0 aliphatic carbocycles. The first kappa shape index (κ1) is 17.4. The van der Waals surface area contributed by atoms with Crippen molar-refractivity contribution in [1.29, 1.82) is 0 Å². The van der Waals surface area contributed by atoms with Gasteiger partial charge in [0.05, 0.1) is 14.2 Å². The van der Waals surface area contributed by atoms with Crippen LogP contribution in [0.25, 0.3) is 0 Å². The van der Waals surface area contributed by atoms with Crippen LogP contribution < -0.4 is 9.47 Å². The Labute approximate surface area is 147 Å². The number of fused-ring (bicyclic) bond motifs is 1. The van der Waals surface area contributed by atoms with Crippen LogP contribution in [0.1, 0.15) is 35.9 Å². The predicted molar refractivity (Wildman–Crippen MR) is 95.2 cm³/mol. The largest absolute Gasteiger partial charge is 0.497 e. The van der Waals surface area contributed by atoms with Crippen LogP contribution in [0.5, 0.6) is 11.5 Å². The Bertz CT molecular complexity index is 615. The normalized spacial score (nSPS) is 23.3. The van der Waals surface area contributed by atoms with Gasteiger partial charge >= 0.3 is 5.97 Å². The molecule has 0 spiro atoms. The number of carbonyl (C=O) groups excluding carboxylic acids is 1. The van der Waals surface area contributed by atoms with Crippen LogP contribution in [-0.2, 0) is 4.74 Å². The molecular weight excluding hydrogens is 326 g/mol. The second kappa shape index (κ2) is 7.23. The number of cyclic esters (lactones) is 1. The van der Waals surface area contributed by atoms with Gasteiger partial charge in [0.1, 0.15) is 23.2 Å². The summed E-state index contributed by atoms with van der Waals surface area (Å²) in [5.41, 5.74) is 1.42. The van der Waals surface area contributed by atoms with Gasteiger partial charge < -0.3 is 14.2 Å². The summed E-state index contributed by atoms with van der Waals surface area (Å²) in [7, 11) is 3.18. The number of thioether (sulfide) groups is 1. The number of hydrogen-bond acceptors (Lipinski definition) is 6. The van der Waals surface area contributed by atoms with Crippen LogP contribution in [0, 0.1) is 5.92 Å². The van der Waals surface area contributed by atoms with Gasteiger partial charge in [-0.1, -0.05) is 6.92 Å². The summed E-state index contributed by atoms with van der Waals surface area (Å²) in [4.78, 5) is 14.9. The average Bonchev–Trinajstić information content (AvgIpc) is 2.97. The molecule has 132 valence electrons. The molecule has 5 nitrogen and oxygen atoms in total. The van der Waals surface area contributed by atoms with E-state index in [0.29, 0.717) is 23.1 Å². The molecule has 1 aromatic carbocycles. The van der Waals surface area contributed by atoms with Gasteiger partial charge in [-0.3, -0.25) is 4.90 Å². The Hall–Kier alpha value is -1.40. The zero-order valence-electron chi connectivity index (χ0n) is 14.7. The Kier molecular flexibility index (Phi) is 5.25.